The molecular weight excluding hydrogens is 302 g/mol. The van der Waals surface area contributed by atoms with Gasteiger partial charge in [-0.15, -0.1) is 11.8 Å². The third-order valence-corrected chi connectivity index (χ3v) is 3.72. The minimum Gasteiger partial charge on any atom is -0.463 e. The molecule has 0 saturated carbocycles. The van der Waals surface area contributed by atoms with Gasteiger partial charge in [0.1, 0.15) is 30.4 Å². The van der Waals surface area contributed by atoms with Gasteiger partial charge in [-0.25, -0.2) is 0 Å². The van der Waals surface area contributed by atoms with Crippen LogP contribution in [0.25, 0.3) is 0 Å². The first kappa shape index (κ1) is 17.7. The third kappa shape index (κ3) is 5.17. The summed E-state index contributed by atoms with van der Waals surface area (Å²) in [4.78, 5) is 21.9. The quantitative estimate of drug-likeness (QED) is 0.625. The van der Waals surface area contributed by atoms with Crippen LogP contribution < -0.4 is 0 Å². The molecule has 118 valence electrons. The van der Waals surface area contributed by atoms with E-state index < -0.39 is 41.8 Å². The van der Waals surface area contributed by atoms with Crippen molar-refractivity contribution < 1.29 is 34.0 Å². The minimum atomic E-state index is -1.40. The van der Waals surface area contributed by atoms with Crippen molar-refractivity contribution in [3.8, 4) is 6.07 Å². The van der Waals surface area contributed by atoms with Crippen molar-refractivity contribution in [3.05, 3.63) is 0 Å². The molecule has 2 N–H and O–H groups in total. The molecule has 5 atom stereocenters. The molecule has 0 amide bonds. The van der Waals surface area contributed by atoms with Gasteiger partial charge >= 0.3 is 11.9 Å². The molecular formula is C12H17NO7S. The van der Waals surface area contributed by atoms with Crippen molar-refractivity contribution in [3.63, 3.8) is 0 Å². The first-order chi connectivity index (χ1) is 9.86. The van der Waals surface area contributed by atoms with Crippen LogP contribution in [0, 0.1) is 11.3 Å². The predicted octanol–water partition coefficient (Wildman–Crippen LogP) is -0.815. The fraction of sp³-hybridized carbons (Fsp3) is 0.750. The van der Waals surface area contributed by atoms with Crippen LogP contribution in [-0.2, 0) is 23.8 Å². The van der Waals surface area contributed by atoms with Gasteiger partial charge in [0.2, 0.25) is 0 Å². The molecule has 0 radical (unpaired) electrons. The molecule has 5 unspecified atom stereocenters. The minimum absolute atomic E-state index is 0.0486. The highest BCUT2D eigenvalue weighted by molar-refractivity contribution is 8.00. The highest BCUT2D eigenvalue weighted by atomic mass is 32.2. The summed E-state index contributed by atoms with van der Waals surface area (Å²) in [5.74, 6) is -1.17. The summed E-state index contributed by atoms with van der Waals surface area (Å²) < 4.78 is 15.2. The number of aliphatic hydroxyl groups excluding tert-OH is 2. The molecule has 0 aromatic carbocycles. The molecule has 0 aromatic heterocycles. The van der Waals surface area contributed by atoms with Crippen molar-refractivity contribution >= 4 is 23.7 Å². The van der Waals surface area contributed by atoms with Gasteiger partial charge in [0.15, 0.2) is 6.10 Å². The van der Waals surface area contributed by atoms with Crippen molar-refractivity contribution in [1.82, 2.24) is 0 Å². The monoisotopic (exact) mass is 319 g/mol. The van der Waals surface area contributed by atoms with E-state index in [1.54, 1.807) is 0 Å². The van der Waals surface area contributed by atoms with Gasteiger partial charge in [-0.05, 0) is 0 Å². The van der Waals surface area contributed by atoms with Crippen LogP contribution in [0.15, 0.2) is 0 Å². The summed E-state index contributed by atoms with van der Waals surface area (Å²) in [5, 5.41) is 28.5. The Morgan fingerprint density at radius 1 is 1.29 bits per heavy atom. The second kappa shape index (κ2) is 8.19. The van der Waals surface area contributed by atoms with E-state index >= 15 is 0 Å². The lowest BCUT2D eigenvalue weighted by molar-refractivity contribution is -0.222. The van der Waals surface area contributed by atoms with Crippen LogP contribution in [-0.4, -0.2) is 64.4 Å². The molecule has 0 bridgehead atoms. The zero-order valence-corrected chi connectivity index (χ0v) is 12.4. The maximum absolute atomic E-state index is 11.1. The molecule has 0 aromatic rings. The summed E-state index contributed by atoms with van der Waals surface area (Å²) >= 11 is 0.994. The van der Waals surface area contributed by atoms with Crippen molar-refractivity contribution in [2.24, 2.45) is 0 Å². The zero-order valence-electron chi connectivity index (χ0n) is 11.6. The molecule has 1 aliphatic rings. The molecule has 9 heteroatoms. The molecule has 1 aliphatic heterocycles. The molecule has 8 nitrogen and oxygen atoms in total. The van der Waals surface area contributed by atoms with Crippen LogP contribution in [0.5, 0.6) is 0 Å². The maximum Gasteiger partial charge on any atom is 0.303 e. The summed E-state index contributed by atoms with van der Waals surface area (Å²) in [7, 11) is 0. The second-order valence-corrected chi connectivity index (χ2v) is 5.46. The first-order valence-corrected chi connectivity index (χ1v) is 7.22. The smallest absolute Gasteiger partial charge is 0.303 e. The van der Waals surface area contributed by atoms with E-state index in [1.165, 1.54) is 6.92 Å². The van der Waals surface area contributed by atoms with E-state index in [4.69, 9.17) is 19.5 Å². The average Bonchev–Trinajstić information content (AvgIpc) is 2.41. The van der Waals surface area contributed by atoms with Crippen molar-refractivity contribution in [1.29, 1.82) is 5.26 Å². The van der Waals surface area contributed by atoms with Gasteiger partial charge in [0.05, 0.1) is 11.8 Å². The van der Waals surface area contributed by atoms with E-state index in [-0.39, 0.29) is 12.4 Å². The van der Waals surface area contributed by atoms with E-state index in [0.29, 0.717) is 0 Å². The number of hydrogen-bond donors (Lipinski definition) is 2. The molecule has 21 heavy (non-hydrogen) atoms. The highest BCUT2D eigenvalue weighted by Crippen LogP contribution is 2.30. The van der Waals surface area contributed by atoms with Crippen molar-refractivity contribution in [2.45, 2.75) is 43.7 Å². The van der Waals surface area contributed by atoms with E-state index in [1.807, 2.05) is 6.07 Å². The number of nitriles is 1. The molecule has 0 spiro atoms. The Balaban J connectivity index is 2.82. The lowest BCUT2D eigenvalue weighted by atomic mass is 10.00. The highest BCUT2D eigenvalue weighted by Gasteiger charge is 2.47. The largest absolute Gasteiger partial charge is 0.463 e. The Hall–Kier alpha value is -1.34. The zero-order chi connectivity index (χ0) is 16.0. The lowest BCUT2D eigenvalue weighted by Crippen LogP contribution is -2.59. The van der Waals surface area contributed by atoms with E-state index in [0.717, 1.165) is 18.7 Å². The van der Waals surface area contributed by atoms with E-state index in [2.05, 4.69) is 0 Å². The molecule has 1 heterocycles. The van der Waals surface area contributed by atoms with Gasteiger partial charge in [-0.3, -0.25) is 9.59 Å². The number of ether oxygens (including phenoxy) is 3. The van der Waals surface area contributed by atoms with Gasteiger partial charge in [-0.2, -0.15) is 5.26 Å². The molecule has 1 fully saturated rings. The number of esters is 2. The number of rotatable bonds is 5. The predicted molar refractivity (Wildman–Crippen MR) is 70.9 cm³/mol. The maximum atomic E-state index is 11.1. The Labute approximate surface area is 126 Å². The Kier molecular flexibility index (Phi) is 6.91. The van der Waals surface area contributed by atoms with Crippen LogP contribution >= 0.6 is 11.8 Å². The van der Waals surface area contributed by atoms with Gasteiger partial charge in [0, 0.05) is 13.8 Å². The summed E-state index contributed by atoms with van der Waals surface area (Å²) in [6.45, 7) is 2.12. The fourth-order valence-corrected chi connectivity index (χ4v) is 2.65. The van der Waals surface area contributed by atoms with Crippen molar-refractivity contribution in [2.75, 3.05) is 12.4 Å². The first-order valence-electron chi connectivity index (χ1n) is 6.17. The SMILES string of the molecule is CC(=O)OCC1OC(SCC#N)C(O)C(O)C1OC(C)=O. The number of carbonyl (C=O) groups excluding carboxylic acids is 2. The summed E-state index contributed by atoms with van der Waals surface area (Å²) in [6, 6.07) is 1.88. The molecule has 0 aliphatic carbocycles. The van der Waals surface area contributed by atoms with Gasteiger partial charge in [0.25, 0.3) is 0 Å². The summed E-state index contributed by atoms with van der Waals surface area (Å²) in [6.07, 6.45) is -4.82. The lowest BCUT2D eigenvalue weighted by Gasteiger charge is -2.41. The number of hydrogen-bond acceptors (Lipinski definition) is 9. The van der Waals surface area contributed by atoms with Gasteiger partial charge in [-0.1, -0.05) is 0 Å². The Morgan fingerprint density at radius 2 is 1.95 bits per heavy atom. The number of nitrogens with zero attached hydrogens (tertiary/aromatic N) is 1. The number of thioether (sulfide) groups is 1. The standard InChI is InChI=1S/C12H17NO7S/c1-6(14)18-5-8-11(19-7(2)15)9(16)10(17)12(20-8)21-4-3-13/h8-12,16-17H,4-5H2,1-2H3. The number of aliphatic hydroxyl groups is 2. The average molecular weight is 319 g/mol. The fourth-order valence-electron chi connectivity index (χ4n) is 1.83. The normalized spacial score (nSPS) is 32.0. The van der Waals surface area contributed by atoms with Gasteiger partial charge < -0.3 is 24.4 Å². The van der Waals surface area contributed by atoms with Crippen LogP contribution in [0.1, 0.15) is 13.8 Å². The van der Waals surface area contributed by atoms with Crippen LogP contribution in [0.4, 0.5) is 0 Å². The molecule has 1 rings (SSSR count). The number of carbonyl (C=O) groups is 2. The van der Waals surface area contributed by atoms with E-state index in [9.17, 15) is 19.8 Å². The Morgan fingerprint density at radius 3 is 2.48 bits per heavy atom. The Bertz CT molecular complexity index is 424. The third-order valence-electron chi connectivity index (χ3n) is 2.71. The van der Waals surface area contributed by atoms with Crippen LogP contribution in [0.2, 0.25) is 0 Å². The molecule has 1 saturated heterocycles. The summed E-state index contributed by atoms with van der Waals surface area (Å²) in [5.41, 5.74) is -0.882. The second-order valence-electron chi connectivity index (χ2n) is 4.37. The van der Waals surface area contributed by atoms with Crippen LogP contribution in [0.3, 0.4) is 0 Å². The topological polar surface area (TPSA) is 126 Å².